The molecule has 88 valence electrons. The number of hydrogen-bond acceptors (Lipinski definition) is 2. The van der Waals surface area contributed by atoms with E-state index in [1.807, 2.05) is 12.1 Å². The molecule has 0 aliphatic carbocycles. The number of hydrogen-bond donors (Lipinski definition) is 0. The maximum atomic E-state index is 5.82. The number of rotatable bonds is 3. The molecule has 0 fully saturated rings. The molecule has 0 saturated heterocycles. The molecular formula is C13H11BrClNO. The normalized spacial score (nSPS) is 10.3. The van der Waals surface area contributed by atoms with E-state index in [-0.39, 0.29) is 0 Å². The van der Waals surface area contributed by atoms with Crippen LogP contribution in [0.4, 0.5) is 0 Å². The van der Waals surface area contributed by atoms with E-state index in [0.29, 0.717) is 5.02 Å². The second-order valence-corrected chi connectivity index (χ2v) is 4.80. The molecule has 4 heteroatoms. The van der Waals surface area contributed by atoms with Crippen molar-refractivity contribution < 1.29 is 4.74 Å². The highest BCUT2D eigenvalue weighted by Gasteiger charge is 2.07. The number of pyridine rings is 1. The second-order valence-electron chi connectivity index (χ2n) is 3.51. The maximum absolute atomic E-state index is 5.82. The number of benzene rings is 1. The Morgan fingerprint density at radius 1 is 1.24 bits per heavy atom. The summed E-state index contributed by atoms with van der Waals surface area (Å²) in [4.78, 5) is 4.11. The van der Waals surface area contributed by atoms with Crippen LogP contribution in [0.2, 0.25) is 5.02 Å². The zero-order valence-corrected chi connectivity index (χ0v) is 11.6. The quantitative estimate of drug-likeness (QED) is 0.808. The minimum atomic E-state index is 0.695. The first-order valence-corrected chi connectivity index (χ1v) is 6.43. The molecule has 1 heterocycles. The van der Waals surface area contributed by atoms with Crippen LogP contribution in [-0.4, -0.2) is 4.98 Å². The molecule has 0 N–H and O–H groups in total. The fourth-order valence-corrected chi connectivity index (χ4v) is 2.22. The minimum Gasteiger partial charge on any atom is -0.455 e. The van der Waals surface area contributed by atoms with Crippen LogP contribution in [-0.2, 0) is 6.42 Å². The molecule has 0 aliphatic rings. The molecule has 17 heavy (non-hydrogen) atoms. The zero-order valence-electron chi connectivity index (χ0n) is 9.28. The Morgan fingerprint density at radius 3 is 2.59 bits per heavy atom. The predicted octanol–water partition coefficient (Wildman–Crippen LogP) is 4.85. The van der Waals surface area contributed by atoms with Gasteiger partial charge in [-0.3, -0.25) is 4.98 Å². The van der Waals surface area contributed by atoms with Crippen molar-refractivity contribution in [2.45, 2.75) is 13.3 Å². The average Bonchev–Trinajstić information content (AvgIpc) is 2.32. The lowest BCUT2D eigenvalue weighted by molar-refractivity contribution is 0.474. The van der Waals surface area contributed by atoms with Crippen LogP contribution >= 0.6 is 27.5 Å². The summed E-state index contributed by atoms with van der Waals surface area (Å²) in [5.74, 6) is 1.52. The summed E-state index contributed by atoms with van der Waals surface area (Å²) in [7, 11) is 0. The fourth-order valence-electron chi connectivity index (χ4n) is 1.50. The predicted molar refractivity (Wildman–Crippen MR) is 72.8 cm³/mol. The van der Waals surface area contributed by atoms with E-state index < -0.39 is 0 Å². The summed E-state index contributed by atoms with van der Waals surface area (Å²) in [5, 5.41) is 0.695. The van der Waals surface area contributed by atoms with Crippen LogP contribution in [0.5, 0.6) is 11.5 Å². The lowest BCUT2D eigenvalue weighted by Gasteiger charge is -2.10. The molecule has 0 atom stereocenters. The second kappa shape index (κ2) is 5.52. The SMILES string of the molecule is CCc1c(Br)cncc1Oc1ccc(Cl)cc1. The minimum absolute atomic E-state index is 0.695. The van der Waals surface area contributed by atoms with Gasteiger partial charge in [0.05, 0.1) is 6.20 Å². The van der Waals surface area contributed by atoms with Crippen LogP contribution in [0, 0.1) is 0 Å². The summed E-state index contributed by atoms with van der Waals surface area (Å²) in [6.45, 7) is 2.08. The third-order valence-electron chi connectivity index (χ3n) is 2.36. The lowest BCUT2D eigenvalue weighted by atomic mass is 10.2. The highest BCUT2D eigenvalue weighted by molar-refractivity contribution is 9.10. The van der Waals surface area contributed by atoms with E-state index in [1.54, 1.807) is 24.5 Å². The molecule has 1 aromatic heterocycles. The van der Waals surface area contributed by atoms with Crippen LogP contribution in [0.25, 0.3) is 0 Å². The van der Waals surface area contributed by atoms with Crippen LogP contribution in [0.3, 0.4) is 0 Å². The molecular weight excluding hydrogens is 302 g/mol. The van der Waals surface area contributed by atoms with Crippen molar-refractivity contribution in [1.82, 2.24) is 4.98 Å². The molecule has 0 aliphatic heterocycles. The highest BCUT2D eigenvalue weighted by atomic mass is 79.9. The zero-order chi connectivity index (χ0) is 12.3. The molecule has 0 spiro atoms. The van der Waals surface area contributed by atoms with Gasteiger partial charge in [-0.2, -0.15) is 0 Å². The van der Waals surface area contributed by atoms with Crippen molar-refractivity contribution in [2.24, 2.45) is 0 Å². The molecule has 0 saturated carbocycles. The van der Waals surface area contributed by atoms with E-state index in [2.05, 4.69) is 27.8 Å². The molecule has 2 nitrogen and oxygen atoms in total. The van der Waals surface area contributed by atoms with E-state index >= 15 is 0 Å². The van der Waals surface area contributed by atoms with E-state index in [0.717, 1.165) is 28.0 Å². The Morgan fingerprint density at radius 2 is 1.94 bits per heavy atom. The molecule has 0 unspecified atom stereocenters. The first kappa shape index (κ1) is 12.4. The van der Waals surface area contributed by atoms with Gasteiger partial charge in [-0.15, -0.1) is 0 Å². The summed E-state index contributed by atoms with van der Waals surface area (Å²) in [6, 6.07) is 7.27. The van der Waals surface area contributed by atoms with Crippen LogP contribution in [0.1, 0.15) is 12.5 Å². The van der Waals surface area contributed by atoms with Crippen molar-refractivity contribution in [3.8, 4) is 11.5 Å². The third-order valence-corrected chi connectivity index (χ3v) is 3.30. The van der Waals surface area contributed by atoms with Gasteiger partial charge >= 0.3 is 0 Å². The summed E-state index contributed by atoms with van der Waals surface area (Å²) in [6.07, 6.45) is 4.37. The van der Waals surface area contributed by atoms with E-state index in [9.17, 15) is 0 Å². The van der Waals surface area contributed by atoms with Gasteiger partial charge in [0.25, 0.3) is 0 Å². The Bertz CT molecular complexity index is 513. The van der Waals surface area contributed by atoms with Crippen molar-refractivity contribution in [2.75, 3.05) is 0 Å². The molecule has 0 radical (unpaired) electrons. The van der Waals surface area contributed by atoms with Gasteiger partial charge in [-0.1, -0.05) is 18.5 Å². The van der Waals surface area contributed by atoms with Gasteiger partial charge < -0.3 is 4.74 Å². The number of nitrogens with zero attached hydrogens (tertiary/aromatic N) is 1. The Kier molecular flexibility index (Phi) is 4.02. The monoisotopic (exact) mass is 311 g/mol. The number of aromatic nitrogens is 1. The first-order chi connectivity index (χ1) is 8.20. The Labute approximate surface area is 114 Å². The first-order valence-electron chi connectivity index (χ1n) is 5.26. The highest BCUT2D eigenvalue weighted by Crippen LogP contribution is 2.30. The van der Waals surface area contributed by atoms with Crippen molar-refractivity contribution in [1.29, 1.82) is 0 Å². The van der Waals surface area contributed by atoms with Crippen LogP contribution < -0.4 is 4.74 Å². The van der Waals surface area contributed by atoms with E-state index in [4.69, 9.17) is 16.3 Å². The van der Waals surface area contributed by atoms with Crippen molar-refractivity contribution >= 4 is 27.5 Å². The maximum Gasteiger partial charge on any atom is 0.150 e. The average molecular weight is 313 g/mol. The summed E-state index contributed by atoms with van der Waals surface area (Å²) < 4.78 is 6.75. The van der Waals surface area contributed by atoms with Gasteiger partial charge in [0.1, 0.15) is 11.5 Å². The van der Waals surface area contributed by atoms with Crippen LogP contribution in [0.15, 0.2) is 41.1 Å². The van der Waals surface area contributed by atoms with Crippen molar-refractivity contribution in [3.63, 3.8) is 0 Å². The van der Waals surface area contributed by atoms with Gasteiger partial charge in [0.15, 0.2) is 0 Å². The van der Waals surface area contributed by atoms with Gasteiger partial charge in [-0.05, 0) is 46.6 Å². The molecule has 1 aromatic carbocycles. The number of halogens is 2. The molecule has 2 aromatic rings. The Balaban J connectivity index is 2.29. The lowest BCUT2D eigenvalue weighted by Crippen LogP contribution is -1.93. The number of ether oxygens (including phenoxy) is 1. The van der Waals surface area contributed by atoms with Gasteiger partial charge in [0.2, 0.25) is 0 Å². The fraction of sp³-hybridized carbons (Fsp3) is 0.154. The van der Waals surface area contributed by atoms with Crippen molar-refractivity contribution in [3.05, 3.63) is 51.7 Å². The molecule has 2 rings (SSSR count). The smallest absolute Gasteiger partial charge is 0.150 e. The van der Waals surface area contributed by atoms with Gasteiger partial charge in [0, 0.05) is 21.3 Å². The molecule has 0 bridgehead atoms. The van der Waals surface area contributed by atoms with Gasteiger partial charge in [-0.25, -0.2) is 0 Å². The Hall–Kier alpha value is -1.06. The third kappa shape index (κ3) is 2.99. The van der Waals surface area contributed by atoms with E-state index in [1.165, 1.54) is 0 Å². The summed E-state index contributed by atoms with van der Waals surface area (Å²) in [5.41, 5.74) is 1.11. The standard InChI is InChI=1S/C13H11BrClNO/c1-2-11-12(14)7-16-8-13(11)17-10-5-3-9(15)4-6-10/h3-8H,2H2,1H3. The topological polar surface area (TPSA) is 22.1 Å². The summed E-state index contributed by atoms with van der Waals surface area (Å²) >= 11 is 9.29. The molecule has 0 amide bonds. The largest absolute Gasteiger partial charge is 0.455 e.